The molecule has 9 rings (SSSR count). The fourth-order valence-corrected chi connectivity index (χ4v) is 8.41. The molecule has 0 radical (unpaired) electrons. The van der Waals surface area contributed by atoms with Gasteiger partial charge in [-0.2, -0.15) is 0 Å². The van der Waals surface area contributed by atoms with Crippen molar-refractivity contribution in [3.05, 3.63) is 0 Å². The minimum atomic E-state index is -0.104. The van der Waals surface area contributed by atoms with E-state index in [1.807, 2.05) is 0 Å². The Morgan fingerprint density at radius 2 is 1.00 bits per heavy atom. The summed E-state index contributed by atoms with van der Waals surface area (Å²) in [6.45, 7) is 5.53. The molecule has 0 aromatic rings. The van der Waals surface area contributed by atoms with E-state index >= 15 is 0 Å². The number of aliphatic hydroxyl groups is 2. The Bertz CT molecular complexity index is 535. The van der Waals surface area contributed by atoms with E-state index in [4.69, 9.17) is 19.7 Å². The van der Waals surface area contributed by atoms with Gasteiger partial charge in [0.2, 0.25) is 0 Å². The molecular formula is C26H44O5. The fraction of sp³-hybridized carbons (Fsp3) is 0.962. The van der Waals surface area contributed by atoms with E-state index in [-0.39, 0.29) is 19.0 Å². The van der Waals surface area contributed by atoms with Gasteiger partial charge in [0.1, 0.15) is 5.78 Å². The topological polar surface area (TPSA) is 76.0 Å². The van der Waals surface area contributed by atoms with Crippen LogP contribution in [0.4, 0.5) is 0 Å². The van der Waals surface area contributed by atoms with Gasteiger partial charge in [-0.1, -0.05) is 0 Å². The first-order chi connectivity index (χ1) is 15.0. The first kappa shape index (κ1) is 23.7. The summed E-state index contributed by atoms with van der Waals surface area (Å²) in [7, 11) is 0. The molecular weight excluding hydrogens is 392 g/mol. The number of ketones is 1. The molecule has 9 aliphatic rings. The van der Waals surface area contributed by atoms with Gasteiger partial charge in [-0.15, -0.1) is 0 Å². The van der Waals surface area contributed by atoms with E-state index in [9.17, 15) is 4.79 Å². The summed E-state index contributed by atoms with van der Waals surface area (Å²) in [6.07, 6.45) is 13.4. The van der Waals surface area contributed by atoms with Crippen molar-refractivity contribution in [3.63, 3.8) is 0 Å². The summed E-state index contributed by atoms with van der Waals surface area (Å²) in [5.41, 5.74) is 0. The van der Waals surface area contributed by atoms with Crippen LogP contribution in [0.2, 0.25) is 0 Å². The molecule has 2 N–H and O–H groups in total. The number of rotatable bonds is 0. The Hall–Kier alpha value is -0.490. The molecule has 8 aliphatic carbocycles. The first-order valence-corrected chi connectivity index (χ1v) is 13.1. The quantitative estimate of drug-likeness (QED) is 0.595. The number of carbonyl (C=O) groups excluding carboxylic acids is 1. The zero-order chi connectivity index (χ0) is 22.0. The van der Waals surface area contributed by atoms with Crippen LogP contribution >= 0.6 is 0 Å². The van der Waals surface area contributed by atoms with Gasteiger partial charge in [0, 0.05) is 36.9 Å². The third-order valence-electron chi connectivity index (χ3n) is 8.96. The van der Waals surface area contributed by atoms with E-state index in [1.54, 1.807) is 13.8 Å². The van der Waals surface area contributed by atoms with Crippen molar-refractivity contribution in [1.29, 1.82) is 0 Å². The van der Waals surface area contributed by atoms with Crippen LogP contribution < -0.4 is 0 Å². The Morgan fingerprint density at radius 1 is 0.677 bits per heavy atom. The van der Waals surface area contributed by atoms with Gasteiger partial charge in [-0.25, -0.2) is 0 Å². The lowest BCUT2D eigenvalue weighted by atomic mass is 9.53. The maximum absolute atomic E-state index is 11.6. The van der Waals surface area contributed by atoms with Crippen LogP contribution in [0, 0.1) is 47.3 Å². The molecule has 31 heavy (non-hydrogen) atoms. The molecule has 8 saturated carbocycles. The summed E-state index contributed by atoms with van der Waals surface area (Å²) in [5.74, 6) is 6.90. The molecule has 1 heterocycles. The summed E-state index contributed by atoms with van der Waals surface area (Å²) in [5, 5.41) is 15.1. The van der Waals surface area contributed by atoms with E-state index < -0.39 is 0 Å². The summed E-state index contributed by atoms with van der Waals surface area (Å²) >= 11 is 0. The third kappa shape index (κ3) is 4.76. The Balaban J connectivity index is 0.000000122. The molecule has 9 fully saturated rings. The predicted octanol–water partition coefficient (Wildman–Crippen LogP) is 4.19. The Labute approximate surface area is 188 Å². The minimum absolute atomic E-state index is 0.104. The molecule has 0 atom stereocenters. The molecule has 0 aromatic heterocycles. The van der Waals surface area contributed by atoms with Gasteiger partial charge in [-0.3, -0.25) is 4.79 Å². The van der Waals surface area contributed by atoms with Crippen molar-refractivity contribution in [2.75, 3.05) is 26.4 Å². The van der Waals surface area contributed by atoms with Crippen LogP contribution in [0.3, 0.4) is 0 Å². The van der Waals surface area contributed by atoms with Crippen molar-refractivity contribution < 1.29 is 24.5 Å². The second-order valence-corrected chi connectivity index (χ2v) is 11.1. The SMILES string of the molecule is C1COC2(O1)C1CC3CC(C1)CC2C3.CCO.CCO.O=C1C2CC3CC(C2)CC1C3. The number of hydrogen-bond donors (Lipinski definition) is 2. The van der Waals surface area contributed by atoms with Crippen LogP contribution in [0.25, 0.3) is 0 Å². The second kappa shape index (κ2) is 10.2. The Kier molecular flexibility index (Phi) is 7.78. The van der Waals surface area contributed by atoms with Crippen molar-refractivity contribution in [2.24, 2.45) is 47.3 Å². The van der Waals surface area contributed by atoms with Gasteiger partial charge in [-0.05, 0) is 102 Å². The highest BCUT2D eigenvalue weighted by Gasteiger charge is 2.60. The van der Waals surface area contributed by atoms with E-state index in [0.29, 0.717) is 17.6 Å². The molecule has 178 valence electrons. The number of Topliss-reactive ketones (excluding diaryl/α,β-unsaturated/α-hetero) is 1. The average molecular weight is 437 g/mol. The molecule has 0 amide bonds. The van der Waals surface area contributed by atoms with Crippen molar-refractivity contribution in [2.45, 2.75) is 83.8 Å². The highest BCUT2D eigenvalue weighted by atomic mass is 16.7. The summed E-state index contributed by atoms with van der Waals surface area (Å²) in [4.78, 5) is 11.6. The molecule has 0 aromatic carbocycles. The molecule has 0 unspecified atom stereocenters. The number of carbonyl (C=O) groups is 1. The summed E-state index contributed by atoms with van der Waals surface area (Å²) < 4.78 is 12.0. The predicted molar refractivity (Wildman–Crippen MR) is 119 cm³/mol. The maximum Gasteiger partial charge on any atom is 0.174 e. The van der Waals surface area contributed by atoms with Crippen LogP contribution in [-0.4, -0.2) is 48.2 Å². The molecule has 1 saturated heterocycles. The lowest BCUT2D eigenvalue weighted by Crippen LogP contribution is -2.58. The highest BCUT2D eigenvalue weighted by Crippen LogP contribution is 2.60. The third-order valence-corrected chi connectivity index (χ3v) is 8.96. The van der Waals surface area contributed by atoms with Gasteiger partial charge < -0.3 is 19.7 Å². The van der Waals surface area contributed by atoms with Crippen molar-refractivity contribution in [1.82, 2.24) is 0 Å². The zero-order valence-electron chi connectivity index (χ0n) is 19.6. The zero-order valence-corrected chi connectivity index (χ0v) is 19.6. The van der Waals surface area contributed by atoms with E-state index in [1.165, 1.54) is 64.2 Å². The van der Waals surface area contributed by atoms with Crippen LogP contribution in [0.1, 0.15) is 78.1 Å². The van der Waals surface area contributed by atoms with Crippen LogP contribution in [0.15, 0.2) is 0 Å². The molecule has 1 aliphatic heterocycles. The normalized spacial score (nSPS) is 44.2. The van der Waals surface area contributed by atoms with Crippen LogP contribution in [-0.2, 0) is 14.3 Å². The van der Waals surface area contributed by atoms with Crippen molar-refractivity contribution >= 4 is 5.78 Å². The van der Waals surface area contributed by atoms with Gasteiger partial charge >= 0.3 is 0 Å². The lowest BCUT2D eigenvalue weighted by Gasteiger charge is -2.58. The fourth-order valence-electron chi connectivity index (χ4n) is 8.41. The average Bonchev–Trinajstić information content (AvgIpc) is 3.22. The monoisotopic (exact) mass is 436 g/mol. The number of hydrogen-bond acceptors (Lipinski definition) is 5. The maximum atomic E-state index is 11.6. The van der Waals surface area contributed by atoms with Gasteiger partial charge in [0.25, 0.3) is 0 Å². The van der Waals surface area contributed by atoms with Crippen LogP contribution in [0.5, 0.6) is 0 Å². The second-order valence-electron chi connectivity index (χ2n) is 11.1. The summed E-state index contributed by atoms with van der Waals surface area (Å²) in [6, 6.07) is 0. The largest absolute Gasteiger partial charge is 0.397 e. The minimum Gasteiger partial charge on any atom is -0.397 e. The highest BCUT2D eigenvalue weighted by molar-refractivity contribution is 5.85. The van der Waals surface area contributed by atoms with E-state index in [0.717, 1.165) is 48.7 Å². The van der Waals surface area contributed by atoms with E-state index in [2.05, 4.69) is 0 Å². The number of ether oxygens (including phenoxy) is 2. The van der Waals surface area contributed by atoms with Crippen molar-refractivity contribution in [3.8, 4) is 0 Å². The van der Waals surface area contributed by atoms with Gasteiger partial charge in [0.15, 0.2) is 5.79 Å². The standard InChI is InChI=1S/C12H18O2.C10H14O.2C2H6O/c1-2-14-12(13-1)10-4-8-3-9(6-10)7-11(12)5-8;11-10-8-2-6-1-7(4-8)5-9(10)3-6;2*1-2-3/h8-11H,1-7H2;6-9H,1-5H2;2*3H,2H2,1H3. The molecule has 5 nitrogen and oxygen atoms in total. The molecule has 5 heteroatoms. The molecule has 1 spiro atoms. The first-order valence-electron chi connectivity index (χ1n) is 13.1. The number of aliphatic hydroxyl groups excluding tert-OH is 2. The molecule has 8 bridgehead atoms. The smallest absolute Gasteiger partial charge is 0.174 e. The van der Waals surface area contributed by atoms with Gasteiger partial charge in [0.05, 0.1) is 13.2 Å². The lowest BCUT2D eigenvalue weighted by molar-refractivity contribution is -0.287. The Morgan fingerprint density at radius 3 is 1.35 bits per heavy atom.